The molecule has 0 unspecified atom stereocenters. The van der Waals surface area contributed by atoms with E-state index in [-0.39, 0.29) is 5.75 Å². The molecule has 0 radical (unpaired) electrons. The molecule has 6 heteroatoms. The Balaban J connectivity index is 2.30. The Morgan fingerprint density at radius 3 is 2.33 bits per heavy atom. The Morgan fingerprint density at radius 1 is 1.06 bits per heavy atom. The van der Waals surface area contributed by atoms with Crippen molar-refractivity contribution in [3.05, 3.63) is 41.8 Å². The zero-order valence-corrected chi connectivity index (χ0v) is 9.76. The minimum absolute atomic E-state index is 0.239. The quantitative estimate of drug-likeness (QED) is 0.738. The minimum atomic E-state index is -4.48. The van der Waals surface area contributed by atoms with Crippen molar-refractivity contribution in [2.24, 2.45) is 0 Å². The summed E-state index contributed by atoms with van der Waals surface area (Å²) in [5, 5.41) is 1.51. The number of rotatable bonds is 4. The predicted octanol–water partition coefficient (Wildman–Crippen LogP) is 4.65. The van der Waals surface area contributed by atoms with Gasteiger partial charge < -0.3 is 4.74 Å². The molecule has 0 saturated heterocycles. The second kappa shape index (κ2) is 4.97. The van der Waals surface area contributed by atoms with Crippen molar-refractivity contribution < 1.29 is 22.3 Å². The lowest BCUT2D eigenvalue weighted by Gasteiger charge is -2.17. The highest BCUT2D eigenvalue weighted by Crippen LogP contribution is 2.39. The molecule has 0 aliphatic rings. The molecule has 0 aliphatic carbocycles. The first kappa shape index (κ1) is 12.9. The molecular formula is C12H8F4OS. The molecule has 1 aromatic carbocycles. The fourth-order valence-electron chi connectivity index (χ4n) is 1.37. The first-order valence-electron chi connectivity index (χ1n) is 4.98. The fraction of sp³-hybridized carbons (Fsp3) is 0.167. The Bertz CT molecular complexity index is 510. The van der Waals surface area contributed by atoms with E-state index in [0.717, 1.165) is 11.3 Å². The van der Waals surface area contributed by atoms with Gasteiger partial charge in [-0.2, -0.15) is 17.6 Å². The van der Waals surface area contributed by atoms with Crippen LogP contribution in [0.2, 0.25) is 0 Å². The molecule has 0 atom stereocenters. The van der Waals surface area contributed by atoms with E-state index in [1.165, 1.54) is 11.4 Å². The summed E-state index contributed by atoms with van der Waals surface area (Å²) in [6.45, 7) is 0. The van der Waals surface area contributed by atoms with Crippen LogP contribution in [0.1, 0.15) is 0 Å². The summed E-state index contributed by atoms with van der Waals surface area (Å²) in [5.74, 6) is -0.239. The summed E-state index contributed by atoms with van der Waals surface area (Å²) in [6.07, 6.45) is -8.34. The lowest BCUT2D eigenvalue weighted by molar-refractivity contribution is -0.252. The number of thiophene rings is 1. The second-order valence-corrected chi connectivity index (χ2v) is 4.36. The maximum absolute atomic E-state index is 12.8. The van der Waals surface area contributed by atoms with Crippen LogP contribution in [0, 0.1) is 0 Å². The molecule has 0 bridgehead atoms. The van der Waals surface area contributed by atoms with Crippen molar-refractivity contribution >= 4 is 11.3 Å². The molecule has 96 valence electrons. The van der Waals surface area contributed by atoms with Crippen LogP contribution in [-0.4, -0.2) is 12.5 Å². The van der Waals surface area contributed by atoms with Crippen molar-refractivity contribution in [3.8, 4) is 16.2 Å². The van der Waals surface area contributed by atoms with Gasteiger partial charge in [0.1, 0.15) is 5.75 Å². The summed E-state index contributed by atoms with van der Waals surface area (Å²) >= 11 is 1.15. The average Bonchev–Trinajstić information content (AvgIpc) is 2.77. The second-order valence-electron chi connectivity index (χ2n) is 3.44. The van der Waals surface area contributed by atoms with Gasteiger partial charge in [-0.1, -0.05) is 30.3 Å². The van der Waals surface area contributed by atoms with Crippen LogP contribution in [0.15, 0.2) is 41.8 Å². The van der Waals surface area contributed by atoms with E-state index in [0.29, 0.717) is 10.4 Å². The maximum atomic E-state index is 12.8. The van der Waals surface area contributed by atoms with Crippen molar-refractivity contribution in [3.63, 3.8) is 0 Å². The van der Waals surface area contributed by atoms with Gasteiger partial charge in [0.15, 0.2) is 0 Å². The van der Waals surface area contributed by atoms with Gasteiger partial charge in [0.05, 0.1) is 4.88 Å². The highest BCUT2D eigenvalue weighted by atomic mass is 32.1. The average molecular weight is 276 g/mol. The monoisotopic (exact) mass is 276 g/mol. The number of hydrogen-bond donors (Lipinski definition) is 0. The van der Waals surface area contributed by atoms with Gasteiger partial charge in [-0.05, 0) is 17.0 Å². The van der Waals surface area contributed by atoms with Gasteiger partial charge in [-0.15, -0.1) is 11.3 Å². The van der Waals surface area contributed by atoms with E-state index < -0.39 is 12.5 Å². The van der Waals surface area contributed by atoms with Gasteiger partial charge in [0.2, 0.25) is 0 Å². The van der Waals surface area contributed by atoms with Gasteiger partial charge in [-0.25, -0.2) is 0 Å². The summed E-state index contributed by atoms with van der Waals surface area (Å²) in [5.41, 5.74) is 0.646. The molecule has 1 nitrogen and oxygen atoms in total. The topological polar surface area (TPSA) is 9.23 Å². The number of benzene rings is 1. The molecule has 2 rings (SSSR count). The van der Waals surface area contributed by atoms with Gasteiger partial charge in [0, 0.05) is 0 Å². The molecule has 0 N–H and O–H groups in total. The molecule has 1 aromatic heterocycles. The third kappa shape index (κ3) is 2.64. The molecule has 0 aliphatic heterocycles. The number of halogens is 4. The fourth-order valence-corrected chi connectivity index (χ4v) is 2.19. The van der Waals surface area contributed by atoms with Crippen molar-refractivity contribution in [2.45, 2.75) is 12.5 Å². The summed E-state index contributed by atoms with van der Waals surface area (Å²) in [4.78, 5) is 0.399. The molecule has 18 heavy (non-hydrogen) atoms. The highest BCUT2D eigenvalue weighted by molar-refractivity contribution is 7.14. The van der Waals surface area contributed by atoms with Crippen LogP contribution in [0.5, 0.6) is 5.75 Å². The standard InChI is InChI=1S/C12H8F4OS/c13-11(14)12(15,16)17-9-6-7-18-10(9)8-4-2-1-3-5-8/h1-7,11H. The third-order valence-electron chi connectivity index (χ3n) is 2.17. The third-order valence-corrected chi connectivity index (χ3v) is 3.11. The molecule has 1 heterocycles. The van der Waals surface area contributed by atoms with E-state index in [1.807, 2.05) is 0 Å². The minimum Gasteiger partial charge on any atom is -0.427 e. The normalized spacial score (nSPS) is 11.8. The molecule has 0 saturated carbocycles. The van der Waals surface area contributed by atoms with Crippen LogP contribution in [0.3, 0.4) is 0 Å². The summed E-state index contributed by atoms with van der Waals surface area (Å²) < 4.78 is 53.9. The van der Waals surface area contributed by atoms with Crippen LogP contribution in [-0.2, 0) is 0 Å². The first-order valence-corrected chi connectivity index (χ1v) is 5.86. The van der Waals surface area contributed by atoms with Crippen LogP contribution >= 0.6 is 11.3 Å². The van der Waals surface area contributed by atoms with Crippen molar-refractivity contribution in [2.75, 3.05) is 0 Å². The van der Waals surface area contributed by atoms with Crippen LogP contribution in [0.25, 0.3) is 10.4 Å². The zero-order valence-electron chi connectivity index (χ0n) is 8.95. The smallest absolute Gasteiger partial charge is 0.427 e. The molecular weight excluding hydrogens is 268 g/mol. The SMILES string of the molecule is FC(F)C(F)(F)Oc1ccsc1-c1ccccc1. The predicted molar refractivity (Wildman–Crippen MR) is 61.3 cm³/mol. The molecule has 0 spiro atoms. The Labute approximate surface area is 105 Å². The Hall–Kier alpha value is -1.56. The van der Waals surface area contributed by atoms with Gasteiger partial charge >= 0.3 is 12.5 Å². The number of alkyl halides is 4. The van der Waals surface area contributed by atoms with Crippen molar-refractivity contribution in [1.29, 1.82) is 0 Å². The van der Waals surface area contributed by atoms with E-state index in [2.05, 4.69) is 4.74 Å². The van der Waals surface area contributed by atoms with Crippen molar-refractivity contribution in [1.82, 2.24) is 0 Å². The van der Waals surface area contributed by atoms with Gasteiger partial charge in [-0.3, -0.25) is 0 Å². The van der Waals surface area contributed by atoms with Gasteiger partial charge in [0.25, 0.3) is 0 Å². The van der Waals surface area contributed by atoms with E-state index in [9.17, 15) is 17.6 Å². The molecule has 0 fully saturated rings. The number of hydrogen-bond acceptors (Lipinski definition) is 2. The van der Waals surface area contributed by atoms with E-state index in [1.54, 1.807) is 30.3 Å². The summed E-state index contributed by atoms with van der Waals surface area (Å²) in [7, 11) is 0. The van der Waals surface area contributed by atoms with E-state index in [4.69, 9.17) is 0 Å². The molecule has 2 aromatic rings. The Morgan fingerprint density at radius 2 is 1.72 bits per heavy atom. The molecule has 0 amide bonds. The van der Waals surface area contributed by atoms with E-state index >= 15 is 0 Å². The Kier molecular flexibility index (Phi) is 3.56. The largest absolute Gasteiger partial charge is 0.461 e. The lowest BCUT2D eigenvalue weighted by atomic mass is 10.2. The summed E-state index contributed by atoms with van der Waals surface area (Å²) in [6, 6.07) is 9.86. The number of ether oxygens (including phenoxy) is 1. The first-order chi connectivity index (χ1) is 8.50. The highest BCUT2D eigenvalue weighted by Gasteiger charge is 2.44. The van der Waals surface area contributed by atoms with Crippen LogP contribution < -0.4 is 4.74 Å². The maximum Gasteiger partial charge on any atom is 0.461 e. The zero-order chi connectivity index (χ0) is 13.2. The van der Waals surface area contributed by atoms with Crippen LogP contribution in [0.4, 0.5) is 17.6 Å². The lowest BCUT2D eigenvalue weighted by Crippen LogP contribution is -2.33.